The van der Waals surface area contributed by atoms with Crippen LogP contribution in [-0.4, -0.2) is 23.2 Å². The first-order valence-electron chi connectivity index (χ1n) is 8.61. The van der Waals surface area contributed by atoms with Crippen LogP contribution in [0.15, 0.2) is 48.5 Å². The van der Waals surface area contributed by atoms with Crippen LogP contribution in [0.25, 0.3) is 0 Å². The van der Waals surface area contributed by atoms with E-state index in [2.05, 4.69) is 20.8 Å². The second-order valence-corrected chi connectivity index (χ2v) is 6.35. The van der Waals surface area contributed by atoms with Gasteiger partial charge in [0.25, 0.3) is 5.91 Å². The number of methoxy groups -OCH3 is 1. The summed E-state index contributed by atoms with van der Waals surface area (Å²) in [6, 6.07) is 15.0. The summed E-state index contributed by atoms with van der Waals surface area (Å²) < 4.78 is 5.35. The Morgan fingerprint density at radius 1 is 0.963 bits per heavy atom. The van der Waals surface area contributed by atoms with Crippen molar-refractivity contribution in [3.63, 3.8) is 0 Å². The van der Waals surface area contributed by atoms with Gasteiger partial charge in [-0.05, 0) is 61.7 Å². The summed E-state index contributed by atoms with van der Waals surface area (Å²) in [5.74, 6) is 0.946. The molecule has 0 bridgehead atoms. The molecule has 6 nitrogen and oxygen atoms in total. The lowest BCUT2D eigenvalue weighted by molar-refractivity contribution is 0.102. The molecule has 0 unspecified atom stereocenters. The van der Waals surface area contributed by atoms with Crippen LogP contribution in [0.2, 0.25) is 0 Å². The van der Waals surface area contributed by atoms with Gasteiger partial charge in [-0.25, -0.2) is 0 Å². The molecule has 0 saturated heterocycles. The number of aryl methyl sites for hydroxylation is 3. The Balaban J connectivity index is 1.76. The van der Waals surface area contributed by atoms with Gasteiger partial charge in [-0.1, -0.05) is 24.3 Å². The summed E-state index contributed by atoms with van der Waals surface area (Å²) in [4.78, 5) is 12.5. The standard InChI is InChI=1S/C21H22N4O2/c1-13-8-10-18(27-4)17(12-13)22-19-11-9-16(24-25-19)21(26)23-20-14(2)6-5-7-15(20)3/h5-12H,1-4H3,(H,22,25)(H,23,26). The van der Waals surface area contributed by atoms with Crippen LogP contribution in [0, 0.1) is 20.8 Å². The second-order valence-electron chi connectivity index (χ2n) is 6.35. The summed E-state index contributed by atoms with van der Waals surface area (Å²) >= 11 is 0. The van der Waals surface area contributed by atoms with E-state index < -0.39 is 0 Å². The summed E-state index contributed by atoms with van der Waals surface area (Å²) in [5.41, 5.74) is 4.94. The Bertz CT molecular complexity index is 948. The van der Waals surface area contributed by atoms with Crippen LogP contribution in [0.1, 0.15) is 27.2 Å². The van der Waals surface area contributed by atoms with Gasteiger partial charge in [0.1, 0.15) is 5.75 Å². The molecule has 0 saturated carbocycles. The molecule has 27 heavy (non-hydrogen) atoms. The third-order valence-corrected chi connectivity index (χ3v) is 4.23. The molecule has 6 heteroatoms. The zero-order chi connectivity index (χ0) is 19.4. The summed E-state index contributed by atoms with van der Waals surface area (Å²) in [5, 5.41) is 14.2. The van der Waals surface area contributed by atoms with Gasteiger partial charge in [0.05, 0.1) is 12.8 Å². The normalized spacial score (nSPS) is 10.4. The molecule has 0 aliphatic heterocycles. The Kier molecular flexibility index (Phi) is 5.35. The monoisotopic (exact) mass is 362 g/mol. The first-order chi connectivity index (χ1) is 13.0. The Hall–Kier alpha value is -3.41. The first-order valence-corrected chi connectivity index (χ1v) is 8.61. The predicted molar refractivity (Wildman–Crippen MR) is 107 cm³/mol. The van der Waals surface area contributed by atoms with Gasteiger partial charge < -0.3 is 15.4 Å². The number of aromatic nitrogens is 2. The van der Waals surface area contributed by atoms with E-state index >= 15 is 0 Å². The molecular formula is C21H22N4O2. The minimum atomic E-state index is -0.292. The van der Waals surface area contributed by atoms with Crippen molar-refractivity contribution in [1.82, 2.24) is 10.2 Å². The second kappa shape index (κ2) is 7.86. The van der Waals surface area contributed by atoms with Gasteiger partial charge in [-0.3, -0.25) is 4.79 Å². The fourth-order valence-electron chi connectivity index (χ4n) is 2.77. The van der Waals surface area contributed by atoms with Crippen LogP contribution in [0.5, 0.6) is 5.75 Å². The molecular weight excluding hydrogens is 340 g/mol. The number of rotatable bonds is 5. The first kappa shape index (κ1) is 18.4. The van der Waals surface area contributed by atoms with E-state index in [1.165, 1.54) is 0 Å². The zero-order valence-corrected chi connectivity index (χ0v) is 15.8. The molecule has 0 aliphatic rings. The highest BCUT2D eigenvalue weighted by Gasteiger charge is 2.12. The third kappa shape index (κ3) is 4.23. The van der Waals surface area contributed by atoms with Crippen molar-refractivity contribution in [1.29, 1.82) is 0 Å². The number of carbonyl (C=O) groups excluding carboxylic acids is 1. The zero-order valence-electron chi connectivity index (χ0n) is 15.8. The Labute approximate surface area is 158 Å². The average Bonchev–Trinajstić information content (AvgIpc) is 2.65. The molecule has 0 atom stereocenters. The van der Waals surface area contributed by atoms with Crippen molar-refractivity contribution in [3.8, 4) is 5.75 Å². The average molecular weight is 362 g/mol. The lowest BCUT2D eigenvalue weighted by Crippen LogP contribution is -2.16. The molecule has 3 rings (SSSR count). The molecule has 2 N–H and O–H groups in total. The van der Waals surface area contributed by atoms with Crippen molar-refractivity contribution in [3.05, 3.63) is 70.9 Å². The van der Waals surface area contributed by atoms with E-state index in [1.54, 1.807) is 19.2 Å². The van der Waals surface area contributed by atoms with Crippen LogP contribution >= 0.6 is 0 Å². The SMILES string of the molecule is COc1ccc(C)cc1Nc1ccc(C(=O)Nc2c(C)cccc2C)nn1. The van der Waals surface area contributed by atoms with Crippen LogP contribution in [0.3, 0.4) is 0 Å². The smallest absolute Gasteiger partial charge is 0.276 e. The van der Waals surface area contributed by atoms with Gasteiger partial charge in [-0.2, -0.15) is 0 Å². The number of ether oxygens (including phenoxy) is 1. The molecule has 138 valence electrons. The number of nitrogens with one attached hydrogen (secondary N) is 2. The largest absolute Gasteiger partial charge is 0.495 e. The van der Waals surface area contributed by atoms with Crippen LogP contribution in [-0.2, 0) is 0 Å². The van der Waals surface area contributed by atoms with E-state index in [9.17, 15) is 4.79 Å². The van der Waals surface area contributed by atoms with Gasteiger partial charge in [0, 0.05) is 5.69 Å². The van der Waals surface area contributed by atoms with Crippen molar-refractivity contribution in [2.45, 2.75) is 20.8 Å². The number of benzene rings is 2. The molecule has 0 fully saturated rings. The molecule has 2 aromatic carbocycles. The fourth-order valence-corrected chi connectivity index (χ4v) is 2.77. The Morgan fingerprint density at radius 3 is 2.33 bits per heavy atom. The quantitative estimate of drug-likeness (QED) is 0.703. The highest BCUT2D eigenvalue weighted by atomic mass is 16.5. The minimum absolute atomic E-state index is 0.249. The summed E-state index contributed by atoms with van der Waals surface area (Å²) in [6.45, 7) is 5.91. The molecule has 1 amide bonds. The number of hydrogen-bond donors (Lipinski definition) is 2. The number of hydrogen-bond acceptors (Lipinski definition) is 5. The van der Waals surface area contributed by atoms with E-state index in [-0.39, 0.29) is 11.6 Å². The molecule has 0 radical (unpaired) electrons. The van der Waals surface area contributed by atoms with Crippen molar-refractivity contribution >= 4 is 23.1 Å². The van der Waals surface area contributed by atoms with Crippen molar-refractivity contribution < 1.29 is 9.53 Å². The molecule has 0 spiro atoms. The number of carbonyl (C=O) groups is 1. The molecule has 1 aromatic heterocycles. The van der Waals surface area contributed by atoms with Gasteiger partial charge in [0.2, 0.25) is 0 Å². The number of anilines is 3. The topological polar surface area (TPSA) is 76.1 Å². The Morgan fingerprint density at radius 2 is 1.70 bits per heavy atom. The van der Waals surface area contributed by atoms with E-state index in [0.717, 1.165) is 28.1 Å². The van der Waals surface area contributed by atoms with Crippen LogP contribution < -0.4 is 15.4 Å². The summed E-state index contributed by atoms with van der Waals surface area (Å²) in [6.07, 6.45) is 0. The molecule has 0 aliphatic carbocycles. The molecule has 3 aromatic rings. The maximum absolute atomic E-state index is 12.5. The van der Waals surface area contributed by atoms with Crippen molar-refractivity contribution in [2.75, 3.05) is 17.7 Å². The van der Waals surface area contributed by atoms with Crippen molar-refractivity contribution in [2.24, 2.45) is 0 Å². The lowest BCUT2D eigenvalue weighted by Gasteiger charge is -2.12. The number of amides is 1. The maximum atomic E-state index is 12.5. The summed E-state index contributed by atoms with van der Waals surface area (Å²) in [7, 11) is 1.61. The fraction of sp³-hybridized carbons (Fsp3) is 0.190. The number of nitrogens with zero attached hydrogens (tertiary/aromatic N) is 2. The third-order valence-electron chi connectivity index (χ3n) is 4.23. The highest BCUT2D eigenvalue weighted by molar-refractivity contribution is 6.03. The van der Waals surface area contributed by atoms with Gasteiger partial charge >= 0.3 is 0 Å². The van der Waals surface area contributed by atoms with Crippen LogP contribution in [0.4, 0.5) is 17.2 Å². The highest BCUT2D eigenvalue weighted by Crippen LogP contribution is 2.27. The van der Waals surface area contributed by atoms with E-state index in [0.29, 0.717) is 11.6 Å². The predicted octanol–water partition coefficient (Wildman–Crippen LogP) is 4.41. The maximum Gasteiger partial charge on any atom is 0.276 e. The minimum Gasteiger partial charge on any atom is -0.495 e. The lowest BCUT2D eigenvalue weighted by atomic mass is 10.1. The van der Waals surface area contributed by atoms with Gasteiger partial charge in [-0.15, -0.1) is 10.2 Å². The molecule has 1 heterocycles. The van der Waals surface area contributed by atoms with E-state index in [1.807, 2.05) is 57.2 Å². The number of para-hydroxylation sites is 1. The van der Waals surface area contributed by atoms with E-state index in [4.69, 9.17) is 4.74 Å². The van der Waals surface area contributed by atoms with Gasteiger partial charge in [0.15, 0.2) is 11.5 Å².